The van der Waals surface area contributed by atoms with Crippen LogP contribution in [0.25, 0.3) is 0 Å². The fourth-order valence-corrected chi connectivity index (χ4v) is 2.34. The summed E-state index contributed by atoms with van der Waals surface area (Å²) in [6, 6.07) is 2.56. The topological polar surface area (TPSA) is 90.9 Å². The lowest BCUT2D eigenvalue weighted by Crippen LogP contribution is -2.42. The standard InChI is InChI=1S/C15H13BrFNO6/c1-15(2)23-13(20)9(14(21)24-15)6-18-10-5-7(16)4-8(11(10)17)12(19)22-3/h4-6,18H,1-3H3. The third-order valence-corrected chi connectivity index (χ3v) is 3.39. The van der Waals surface area contributed by atoms with Gasteiger partial charge >= 0.3 is 17.9 Å². The molecular weight excluding hydrogens is 389 g/mol. The zero-order chi connectivity index (χ0) is 18.1. The van der Waals surface area contributed by atoms with Crippen molar-refractivity contribution in [2.75, 3.05) is 12.4 Å². The van der Waals surface area contributed by atoms with Crippen molar-refractivity contribution in [1.29, 1.82) is 0 Å². The van der Waals surface area contributed by atoms with E-state index in [9.17, 15) is 18.8 Å². The molecule has 1 saturated heterocycles. The highest BCUT2D eigenvalue weighted by molar-refractivity contribution is 9.10. The molecule has 1 fully saturated rings. The van der Waals surface area contributed by atoms with E-state index in [1.807, 2.05) is 0 Å². The number of esters is 3. The van der Waals surface area contributed by atoms with Gasteiger partial charge in [0.05, 0.1) is 18.4 Å². The van der Waals surface area contributed by atoms with Crippen molar-refractivity contribution in [3.05, 3.63) is 39.8 Å². The molecule has 0 unspecified atom stereocenters. The highest BCUT2D eigenvalue weighted by Crippen LogP contribution is 2.26. The Morgan fingerprint density at radius 2 is 1.88 bits per heavy atom. The molecule has 1 aromatic rings. The Morgan fingerprint density at radius 1 is 1.29 bits per heavy atom. The summed E-state index contributed by atoms with van der Waals surface area (Å²) in [5.41, 5.74) is -0.904. The molecule has 128 valence electrons. The van der Waals surface area contributed by atoms with Crippen LogP contribution >= 0.6 is 15.9 Å². The normalized spacial score (nSPS) is 16.1. The van der Waals surface area contributed by atoms with E-state index in [0.717, 1.165) is 13.3 Å². The Kier molecular flexibility index (Phi) is 4.93. The molecule has 1 aliphatic heterocycles. The van der Waals surface area contributed by atoms with E-state index in [4.69, 9.17) is 9.47 Å². The first-order valence-corrected chi connectivity index (χ1v) is 7.44. The second-order valence-corrected chi connectivity index (χ2v) is 6.10. The number of rotatable bonds is 3. The third kappa shape index (κ3) is 3.73. The van der Waals surface area contributed by atoms with Crippen molar-refractivity contribution in [1.82, 2.24) is 0 Å². The summed E-state index contributed by atoms with van der Waals surface area (Å²) in [5, 5.41) is 2.45. The van der Waals surface area contributed by atoms with Crippen LogP contribution in [0.3, 0.4) is 0 Å². The number of nitrogens with one attached hydrogen (secondary N) is 1. The highest BCUT2D eigenvalue weighted by atomic mass is 79.9. The lowest BCUT2D eigenvalue weighted by atomic mass is 10.1. The van der Waals surface area contributed by atoms with Gasteiger partial charge < -0.3 is 19.5 Å². The van der Waals surface area contributed by atoms with Crippen LogP contribution in [0, 0.1) is 5.82 Å². The zero-order valence-electron chi connectivity index (χ0n) is 12.9. The maximum atomic E-state index is 14.3. The SMILES string of the molecule is COC(=O)c1cc(Br)cc(NC=C2C(=O)OC(C)(C)OC2=O)c1F. The van der Waals surface area contributed by atoms with Gasteiger partial charge in [-0.3, -0.25) is 0 Å². The Morgan fingerprint density at radius 3 is 2.42 bits per heavy atom. The molecule has 0 amide bonds. The van der Waals surface area contributed by atoms with E-state index in [-0.39, 0.29) is 11.3 Å². The maximum absolute atomic E-state index is 14.3. The molecule has 1 N–H and O–H groups in total. The Bertz CT molecular complexity index is 737. The molecule has 24 heavy (non-hydrogen) atoms. The Labute approximate surface area is 144 Å². The van der Waals surface area contributed by atoms with Gasteiger partial charge in [-0.1, -0.05) is 15.9 Å². The second kappa shape index (κ2) is 6.60. The fraction of sp³-hybridized carbons (Fsp3) is 0.267. The molecule has 2 rings (SSSR count). The quantitative estimate of drug-likeness (QED) is 0.472. The minimum Gasteiger partial charge on any atom is -0.465 e. The lowest BCUT2D eigenvalue weighted by Gasteiger charge is -2.29. The fourth-order valence-electron chi connectivity index (χ4n) is 1.88. The van der Waals surface area contributed by atoms with E-state index in [1.165, 1.54) is 26.0 Å². The van der Waals surface area contributed by atoms with Gasteiger partial charge in [0.2, 0.25) is 0 Å². The van der Waals surface area contributed by atoms with Crippen LogP contribution in [0.15, 0.2) is 28.4 Å². The molecular formula is C15H13BrFNO6. The van der Waals surface area contributed by atoms with Crippen LogP contribution < -0.4 is 5.32 Å². The molecule has 0 aliphatic carbocycles. The van der Waals surface area contributed by atoms with Crippen LogP contribution in [0.2, 0.25) is 0 Å². The minimum atomic E-state index is -1.37. The minimum absolute atomic E-state index is 0.150. The predicted octanol–water partition coefficient (Wildman–Crippen LogP) is 2.51. The maximum Gasteiger partial charge on any atom is 0.350 e. The van der Waals surface area contributed by atoms with Crippen molar-refractivity contribution < 1.29 is 33.0 Å². The number of cyclic esters (lactones) is 2. The smallest absolute Gasteiger partial charge is 0.350 e. The number of carbonyl (C=O) groups excluding carboxylic acids is 3. The van der Waals surface area contributed by atoms with Gasteiger partial charge in [0, 0.05) is 24.5 Å². The van der Waals surface area contributed by atoms with Crippen LogP contribution in [-0.2, 0) is 23.8 Å². The van der Waals surface area contributed by atoms with E-state index in [1.54, 1.807) is 0 Å². The number of benzene rings is 1. The van der Waals surface area contributed by atoms with E-state index in [0.29, 0.717) is 4.47 Å². The molecule has 1 aromatic carbocycles. The first-order chi connectivity index (χ1) is 11.1. The lowest BCUT2D eigenvalue weighted by molar-refractivity contribution is -0.222. The Balaban J connectivity index is 2.32. The highest BCUT2D eigenvalue weighted by Gasteiger charge is 2.39. The third-order valence-electron chi connectivity index (χ3n) is 2.93. The number of hydrogen-bond donors (Lipinski definition) is 1. The summed E-state index contributed by atoms with van der Waals surface area (Å²) < 4.78 is 29.0. The first kappa shape index (κ1) is 17.9. The summed E-state index contributed by atoms with van der Waals surface area (Å²) in [5.74, 6) is -4.97. The first-order valence-electron chi connectivity index (χ1n) is 6.65. The summed E-state index contributed by atoms with van der Waals surface area (Å²) in [6.07, 6.45) is 0.950. The van der Waals surface area contributed by atoms with Gasteiger partial charge in [0.15, 0.2) is 11.4 Å². The van der Waals surface area contributed by atoms with Crippen molar-refractivity contribution >= 4 is 39.5 Å². The largest absolute Gasteiger partial charge is 0.465 e. The van der Waals surface area contributed by atoms with Gasteiger partial charge in [0.1, 0.15) is 0 Å². The molecule has 0 bridgehead atoms. The number of hydrogen-bond acceptors (Lipinski definition) is 7. The molecule has 0 spiro atoms. The van der Waals surface area contributed by atoms with Crippen molar-refractivity contribution in [2.45, 2.75) is 19.6 Å². The van der Waals surface area contributed by atoms with E-state index < -0.39 is 35.1 Å². The summed E-state index contributed by atoms with van der Waals surface area (Å²) in [7, 11) is 1.12. The molecule has 0 atom stereocenters. The number of methoxy groups -OCH3 is 1. The number of halogens is 2. The molecule has 7 nitrogen and oxygen atoms in total. The van der Waals surface area contributed by atoms with E-state index in [2.05, 4.69) is 26.0 Å². The van der Waals surface area contributed by atoms with Gasteiger partial charge in [0.25, 0.3) is 5.79 Å². The van der Waals surface area contributed by atoms with E-state index >= 15 is 0 Å². The molecule has 0 radical (unpaired) electrons. The molecule has 0 saturated carbocycles. The summed E-state index contributed by atoms with van der Waals surface area (Å²) in [4.78, 5) is 35.2. The van der Waals surface area contributed by atoms with Crippen molar-refractivity contribution in [3.63, 3.8) is 0 Å². The summed E-state index contributed by atoms with van der Waals surface area (Å²) >= 11 is 3.13. The molecule has 1 heterocycles. The summed E-state index contributed by atoms with van der Waals surface area (Å²) in [6.45, 7) is 2.81. The van der Waals surface area contributed by atoms with Crippen LogP contribution in [0.5, 0.6) is 0 Å². The average molecular weight is 402 g/mol. The molecule has 1 aliphatic rings. The van der Waals surface area contributed by atoms with Gasteiger partial charge in [-0.2, -0.15) is 0 Å². The number of anilines is 1. The molecule has 0 aromatic heterocycles. The van der Waals surface area contributed by atoms with Gasteiger partial charge in [-0.25, -0.2) is 18.8 Å². The number of ether oxygens (including phenoxy) is 3. The monoisotopic (exact) mass is 401 g/mol. The van der Waals surface area contributed by atoms with Crippen molar-refractivity contribution in [3.8, 4) is 0 Å². The van der Waals surface area contributed by atoms with Gasteiger partial charge in [-0.05, 0) is 12.1 Å². The van der Waals surface area contributed by atoms with Crippen LogP contribution in [-0.4, -0.2) is 30.8 Å². The zero-order valence-corrected chi connectivity index (χ0v) is 14.5. The molecule has 9 heteroatoms. The van der Waals surface area contributed by atoms with Crippen LogP contribution in [0.1, 0.15) is 24.2 Å². The number of carbonyl (C=O) groups is 3. The van der Waals surface area contributed by atoms with Crippen molar-refractivity contribution in [2.24, 2.45) is 0 Å². The van der Waals surface area contributed by atoms with Gasteiger partial charge in [-0.15, -0.1) is 0 Å². The average Bonchev–Trinajstić information content (AvgIpc) is 2.47. The second-order valence-electron chi connectivity index (χ2n) is 5.19. The Hall–Kier alpha value is -2.42. The predicted molar refractivity (Wildman–Crippen MR) is 83.4 cm³/mol. The van der Waals surface area contributed by atoms with Crippen LogP contribution in [0.4, 0.5) is 10.1 Å².